The monoisotopic (exact) mass is 458 g/mol. The molecule has 1 aromatic heterocycles. The largest absolute Gasteiger partial charge is 0.489 e. The van der Waals surface area contributed by atoms with E-state index in [1.165, 1.54) is 0 Å². The van der Waals surface area contributed by atoms with Gasteiger partial charge in [-0.25, -0.2) is 4.98 Å². The number of aliphatic imine (C=N–C) groups is 1. The second kappa shape index (κ2) is 10.2. The number of aromatic nitrogens is 3. The number of benzene rings is 1. The van der Waals surface area contributed by atoms with E-state index < -0.39 is 0 Å². The Labute approximate surface area is 166 Å². The van der Waals surface area contributed by atoms with Gasteiger partial charge < -0.3 is 15.0 Å². The maximum absolute atomic E-state index is 5.98. The van der Waals surface area contributed by atoms with E-state index in [4.69, 9.17) is 4.74 Å². The number of hydrogen-bond donors (Lipinski definition) is 1. The Morgan fingerprint density at radius 2 is 2.12 bits per heavy atom. The molecule has 0 amide bonds. The first kappa shape index (κ1) is 21.2. The van der Waals surface area contributed by atoms with Crippen molar-refractivity contribution in [3.8, 4) is 5.75 Å². The van der Waals surface area contributed by atoms with Gasteiger partial charge in [0.15, 0.2) is 5.96 Å². The second-order valence-corrected chi connectivity index (χ2v) is 5.78. The lowest BCUT2D eigenvalue weighted by Crippen LogP contribution is -2.42. The number of ether oxygens (including phenoxy) is 1. The number of nitrogens with one attached hydrogen (secondary N) is 1. The van der Waals surface area contributed by atoms with Gasteiger partial charge in [-0.05, 0) is 25.5 Å². The zero-order chi connectivity index (χ0) is 17.5. The molecule has 0 aliphatic carbocycles. The predicted molar refractivity (Wildman–Crippen MR) is 111 cm³/mol. The molecule has 7 nitrogen and oxygen atoms in total. The van der Waals surface area contributed by atoms with Crippen molar-refractivity contribution in [2.45, 2.75) is 26.5 Å². The first-order chi connectivity index (χ1) is 11.5. The van der Waals surface area contributed by atoms with Crippen molar-refractivity contribution in [1.82, 2.24) is 25.0 Å². The Balaban J connectivity index is 0.00000312. The molecule has 0 bridgehead atoms. The lowest BCUT2D eigenvalue weighted by Gasteiger charge is -2.23. The van der Waals surface area contributed by atoms with Crippen molar-refractivity contribution in [3.05, 3.63) is 42.0 Å². The molecule has 0 spiro atoms. The standard InChI is InChI=1S/C17H26N6O.HI/c1-13-8-6-7-9-15(13)24-14(2)10-19-17(18-3)22(4)11-16-20-12-21-23(16)5;/h6-9,12,14H,10-11H2,1-5H3,(H,18,19);1H. The fraction of sp³-hybridized carbons (Fsp3) is 0.471. The smallest absolute Gasteiger partial charge is 0.193 e. The van der Waals surface area contributed by atoms with Crippen molar-refractivity contribution in [1.29, 1.82) is 0 Å². The Hall–Kier alpha value is -1.84. The van der Waals surface area contributed by atoms with Gasteiger partial charge >= 0.3 is 0 Å². The van der Waals surface area contributed by atoms with Crippen molar-refractivity contribution in [2.75, 3.05) is 20.6 Å². The molecule has 1 aromatic carbocycles. The summed E-state index contributed by atoms with van der Waals surface area (Å²) in [5.41, 5.74) is 1.13. The fourth-order valence-corrected chi connectivity index (χ4v) is 2.32. The SMILES string of the molecule is CN=C(NCC(C)Oc1ccccc1C)N(C)Cc1ncnn1C.I. The minimum absolute atomic E-state index is 0. The molecule has 25 heavy (non-hydrogen) atoms. The molecule has 2 aromatic rings. The summed E-state index contributed by atoms with van der Waals surface area (Å²) < 4.78 is 7.74. The normalized spacial score (nSPS) is 12.3. The minimum Gasteiger partial charge on any atom is -0.489 e. The fourth-order valence-electron chi connectivity index (χ4n) is 2.32. The highest BCUT2D eigenvalue weighted by atomic mass is 127. The summed E-state index contributed by atoms with van der Waals surface area (Å²) in [6, 6.07) is 8.02. The highest BCUT2D eigenvalue weighted by molar-refractivity contribution is 14.0. The Kier molecular flexibility index (Phi) is 8.67. The van der Waals surface area contributed by atoms with E-state index in [-0.39, 0.29) is 30.1 Å². The van der Waals surface area contributed by atoms with E-state index in [9.17, 15) is 0 Å². The van der Waals surface area contributed by atoms with Gasteiger partial charge in [-0.1, -0.05) is 18.2 Å². The quantitative estimate of drug-likeness (QED) is 0.409. The molecule has 0 saturated heterocycles. The van der Waals surface area contributed by atoms with Crippen LogP contribution in [0.25, 0.3) is 0 Å². The van der Waals surface area contributed by atoms with Crippen molar-refractivity contribution >= 4 is 29.9 Å². The number of guanidine groups is 1. The topological polar surface area (TPSA) is 67.6 Å². The summed E-state index contributed by atoms with van der Waals surface area (Å²) in [4.78, 5) is 10.6. The molecule has 0 aliphatic rings. The second-order valence-electron chi connectivity index (χ2n) is 5.78. The van der Waals surface area contributed by atoms with Gasteiger partial charge in [-0.15, -0.1) is 24.0 Å². The van der Waals surface area contributed by atoms with Crippen molar-refractivity contribution in [2.24, 2.45) is 12.0 Å². The van der Waals surface area contributed by atoms with E-state index in [0.717, 1.165) is 23.1 Å². The van der Waals surface area contributed by atoms with Gasteiger partial charge in [0.2, 0.25) is 0 Å². The number of nitrogens with zero attached hydrogens (tertiary/aromatic N) is 5. The Morgan fingerprint density at radius 1 is 1.40 bits per heavy atom. The molecule has 1 atom stereocenters. The van der Waals surface area contributed by atoms with Crippen molar-refractivity contribution in [3.63, 3.8) is 0 Å². The van der Waals surface area contributed by atoms with Crippen LogP contribution in [0.3, 0.4) is 0 Å². The van der Waals surface area contributed by atoms with Crippen LogP contribution in [0.2, 0.25) is 0 Å². The molecule has 0 radical (unpaired) electrons. The minimum atomic E-state index is 0. The van der Waals surface area contributed by atoms with Gasteiger partial charge in [0.05, 0.1) is 13.1 Å². The van der Waals surface area contributed by atoms with Crippen LogP contribution in [0.5, 0.6) is 5.75 Å². The predicted octanol–water partition coefficient (Wildman–Crippen LogP) is 2.22. The average Bonchev–Trinajstić information content (AvgIpc) is 2.95. The van der Waals surface area contributed by atoms with Crippen LogP contribution in [0.15, 0.2) is 35.6 Å². The van der Waals surface area contributed by atoms with E-state index >= 15 is 0 Å². The van der Waals surface area contributed by atoms with Crippen molar-refractivity contribution < 1.29 is 4.74 Å². The van der Waals surface area contributed by atoms with E-state index in [1.54, 1.807) is 18.1 Å². The molecule has 1 heterocycles. The Bertz CT molecular complexity index is 687. The maximum atomic E-state index is 5.98. The third kappa shape index (κ3) is 6.18. The number of hydrogen-bond acceptors (Lipinski definition) is 4. The highest BCUT2D eigenvalue weighted by Gasteiger charge is 2.12. The van der Waals surface area contributed by atoms with Gasteiger partial charge in [0.1, 0.15) is 24.0 Å². The molecule has 0 fully saturated rings. The van der Waals surface area contributed by atoms with E-state index in [1.807, 2.05) is 57.1 Å². The summed E-state index contributed by atoms with van der Waals surface area (Å²) in [6.45, 7) is 5.37. The molecule has 8 heteroatoms. The Morgan fingerprint density at radius 3 is 2.72 bits per heavy atom. The lowest BCUT2D eigenvalue weighted by molar-refractivity contribution is 0.221. The molecular weight excluding hydrogens is 431 g/mol. The molecule has 0 saturated carbocycles. The number of halogens is 1. The number of aryl methyl sites for hydroxylation is 2. The molecular formula is C17H27IN6O. The zero-order valence-corrected chi connectivity index (χ0v) is 17.8. The van der Waals surface area contributed by atoms with E-state index in [2.05, 4.69) is 20.4 Å². The molecule has 1 N–H and O–H groups in total. The van der Waals surface area contributed by atoms with Gasteiger partial charge in [-0.3, -0.25) is 9.67 Å². The third-order valence-electron chi connectivity index (χ3n) is 3.73. The molecule has 2 rings (SSSR count). The van der Waals surface area contributed by atoms with Gasteiger partial charge in [0, 0.05) is 21.1 Å². The summed E-state index contributed by atoms with van der Waals surface area (Å²) in [7, 11) is 5.61. The van der Waals surface area contributed by atoms with Crippen LogP contribution in [0, 0.1) is 6.92 Å². The maximum Gasteiger partial charge on any atom is 0.193 e. The van der Waals surface area contributed by atoms with Crippen LogP contribution in [-0.2, 0) is 13.6 Å². The summed E-state index contributed by atoms with van der Waals surface area (Å²) in [6.07, 6.45) is 1.57. The third-order valence-corrected chi connectivity index (χ3v) is 3.73. The van der Waals surface area contributed by atoms with Crippen LogP contribution < -0.4 is 10.1 Å². The van der Waals surface area contributed by atoms with Crippen LogP contribution in [-0.4, -0.2) is 52.4 Å². The van der Waals surface area contributed by atoms with Crippen LogP contribution >= 0.6 is 24.0 Å². The van der Waals surface area contributed by atoms with Crippen LogP contribution in [0.1, 0.15) is 18.3 Å². The first-order valence-corrected chi connectivity index (χ1v) is 7.98. The van der Waals surface area contributed by atoms with Gasteiger partial charge in [0.25, 0.3) is 0 Å². The van der Waals surface area contributed by atoms with Gasteiger partial charge in [-0.2, -0.15) is 5.10 Å². The zero-order valence-electron chi connectivity index (χ0n) is 15.4. The lowest BCUT2D eigenvalue weighted by atomic mass is 10.2. The first-order valence-electron chi connectivity index (χ1n) is 7.98. The molecule has 0 aliphatic heterocycles. The molecule has 1 unspecified atom stereocenters. The van der Waals surface area contributed by atoms with Crippen LogP contribution in [0.4, 0.5) is 0 Å². The summed E-state index contributed by atoms with van der Waals surface area (Å²) in [5.74, 6) is 2.58. The molecule has 138 valence electrons. The number of rotatable bonds is 6. The summed E-state index contributed by atoms with van der Waals surface area (Å²) in [5, 5.41) is 7.42. The number of para-hydroxylation sites is 1. The summed E-state index contributed by atoms with van der Waals surface area (Å²) >= 11 is 0. The van der Waals surface area contributed by atoms with E-state index in [0.29, 0.717) is 13.1 Å². The highest BCUT2D eigenvalue weighted by Crippen LogP contribution is 2.17. The average molecular weight is 458 g/mol.